The van der Waals surface area contributed by atoms with Crippen LogP contribution in [0.15, 0.2) is 0 Å². The highest BCUT2D eigenvalue weighted by atomic mass is 16.5. The first-order valence-corrected chi connectivity index (χ1v) is 3.53. The number of nitrogens with one attached hydrogen (secondary N) is 1. The molecule has 0 unspecified atom stereocenters. The van der Waals surface area contributed by atoms with Crippen molar-refractivity contribution < 1.29 is 9.53 Å². The van der Waals surface area contributed by atoms with Crippen molar-refractivity contribution in [1.29, 1.82) is 0 Å². The Morgan fingerprint density at radius 2 is 2.30 bits per heavy atom. The second-order valence-corrected chi connectivity index (χ2v) is 1.89. The number of amides is 1. The average molecular weight is 144 g/mol. The second-order valence-electron chi connectivity index (χ2n) is 1.89. The molecule has 0 aliphatic rings. The highest BCUT2D eigenvalue weighted by molar-refractivity contribution is 5.76. The maximum Gasteiger partial charge on any atom is 0.222 e. The monoisotopic (exact) mass is 144 g/mol. The zero-order valence-corrected chi connectivity index (χ0v) is 6.52. The molecular weight excluding hydrogens is 130 g/mol. The third kappa shape index (κ3) is 5.56. The first-order valence-electron chi connectivity index (χ1n) is 3.53. The van der Waals surface area contributed by atoms with Gasteiger partial charge >= 0.3 is 0 Å². The van der Waals surface area contributed by atoms with Gasteiger partial charge in [-0.1, -0.05) is 6.92 Å². The minimum absolute atomic E-state index is 0.0101. The smallest absolute Gasteiger partial charge is 0.222 e. The predicted molar refractivity (Wildman–Crippen MR) is 39.0 cm³/mol. The predicted octanol–water partition coefficient (Wildman–Crippen LogP) is 1.06. The normalized spacial score (nSPS) is 9.40. The first-order chi connectivity index (χ1) is 4.81. The van der Waals surface area contributed by atoms with Crippen LogP contribution in [0.4, 0.5) is 0 Å². The molecule has 0 saturated carbocycles. The average Bonchev–Trinajstić information content (AvgIpc) is 1.89. The van der Waals surface area contributed by atoms with Crippen molar-refractivity contribution in [1.82, 2.24) is 5.32 Å². The van der Waals surface area contributed by atoms with E-state index in [1.54, 1.807) is 0 Å². The van der Waals surface area contributed by atoms with Crippen LogP contribution in [0.3, 0.4) is 0 Å². The fraction of sp³-hybridized carbons (Fsp3) is 0.714. The SMILES string of the molecule is CCCC(=O)N[CH]OCC. The maximum absolute atomic E-state index is 10.7. The lowest BCUT2D eigenvalue weighted by atomic mass is 10.3. The maximum atomic E-state index is 10.7. The summed E-state index contributed by atoms with van der Waals surface area (Å²) < 4.78 is 4.79. The van der Waals surface area contributed by atoms with E-state index in [-0.39, 0.29) is 5.91 Å². The van der Waals surface area contributed by atoms with E-state index in [2.05, 4.69) is 5.32 Å². The lowest BCUT2D eigenvalue weighted by Crippen LogP contribution is -2.20. The van der Waals surface area contributed by atoms with Crippen molar-refractivity contribution in [3.05, 3.63) is 6.73 Å². The number of ether oxygens (including phenoxy) is 1. The molecule has 0 aliphatic carbocycles. The van der Waals surface area contributed by atoms with Gasteiger partial charge < -0.3 is 10.1 Å². The molecule has 0 aliphatic heterocycles. The quantitative estimate of drug-likeness (QED) is 0.586. The Kier molecular flexibility index (Phi) is 6.18. The van der Waals surface area contributed by atoms with E-state index in [1.807, 2.05) is 13.8 Å². The molecule has 0 aromatic carbocycles. The molecule has 3 nitrogen and oxygen atoms in total. The summed E-state index contributed by atoms with van der Waals surface area (Å²) in [6.45, 7) is 5.74. The van der Waals surface area contributed by atoms with E-state index >= 15 is 0 Å². The molecule has 3 heteroatoms. The third-order valence-electron chi connectivity index (χ3n) is 0.947. The first kappa shape index (κ1) is 9.43. The highest BCUT2D eigenvalue weighted by Gasteiger charge is 1.96. The lowest BCUT2D eigenvalue weighted by molar-refractivity contribution is -0.121. The Balaban J connectivity index is 3.05. The van der Waals surface area contributed by atoms with Gasteiger partial charge in [-0.15, -0.1) is 0 Å². The molecule has 10 heavy (non-hydrogen) atoms. The van der Waals surface area contributed by atoms with Crippen molar-refractivity contribution in [2.24, 2.45) is 0 Å². The summed E-state index contributed by atoms with van der Waals surface area (Å²) in [6, 6.07) is 0. The standard InChI is InChI=1S/C7H14NO2/c1-3-5-7(9)8-6-10-4-2/h6H,3-5H2,1-2H3,(H,8,9). The van der Waals surface area contributed by atoms with Crippen LogP contribution >= 0.6 is 0 Å². The molecule has 0 aromatic heterocycles. The number of carbonyl (C=O) groups excluding carboxylic acids is 1. The Bertz CT molecular complexity index is 93.6. The van der Waals surface area contributed by atoms with Gasteiger partial charge in [0.2, 0.25) is 5.91 Å². The van der Waals surface area contributed by atoms with Crippen LogP contribution in [0.2, 0.25) is 0 Å². The zero-order valence-electron chi connectivity index (χ0n) is 6.52. The Morgan fingerprint density at radius 1 is 1.60 bits per heavy atom. The van der Waals surface area contributed by atoms with Crippen LogP contribution in [0.1, 0.15) is 26.7 Å². The van der Waals surface area contributed by atoms with Gasteiger partial charge in [0.25, 0.3) is 0 Å². The van der Waals surface area contributed by atoms with Gasteiger partial charge in [0.1, 0.15) is 0 Å². The molecule has 0 aromatic rings. The molecular formula is C7H14NO2. The van der Waals surface area contributed by atoms with Crippen LogP contribution < -0.4 is 5.32 Å². The van der Waals surface area contributed by atoms with Gasteiger partial charge in [-0.05, 0) is 13.3 Å². The highest BCUT2D eigenvalue weighted by Crippen LogP contribution is 1.86. The van der Waals surface area contributed by atoms with E-state index in [4.69, 9.17) is 4.74 Å². The molecule has 0 fully saturated rings. The van der Waals surface area contributed by atoms with Crippen molar-refractivity contribution >= 4 is 5.91 Å². The molecule has 1 amide bonds. The zero-order chi connectivity index (χ0) is 7.82. The summed E-state index contributed by atoms with van der Waals surface area (Å²) >= 11 is 0. The van der Waals surface area contributed by atoms with E-state index in [1.165, 1.54) is 6.73 Å². The number of hydrogen-bond donors (Lipinski definition) is 1. The van der Waals surface area contributed by atoms with Crippen molar-refractivity contribution in [3.63, 3.8) is 0 Å². The fourth-order valence-electron chi connectivity index (χ4n) is 0.490. The summed E-state index contributed by atoms with van der Waals surface area (Å²) in [5.41, 5.74) is 0. The summed E-state index contributed by atoms with van der Waals surface area (Å²) in [5, 5.41) is 2.50. The molecule has 0 atom stereocenters. The largest absolute Gasteiger partial charge is 0.354 e. The fourth-order valence-corrected chi connectivity index (χ4v) is 0.490. The Hall–Kier alpha value is -0.570. The molecule has 0 rings (SSSR count). The van der Waals surface area contributed by atoms with Gasteiger partial charge in [0.15, 0.2) is 6.73 Å². The summed E-state index contributed by atoms with van der Waals surface area (Å²) in [4.78, 5) is 10.7. The minimum atomic E-state index is 0.0101. The molecule has 1 N–H and O–H groups in total. The van der Waals surface area contributed by atoms with Crippen LogP contribution in [0, 0.1) is 6.73 Å². The van der Waals surface area contributed by atoms with E-state index in [0.717, 1.165) is 6.42 Å². The van der Waals surface area contributed by atoms with Gasteiger partial charge in [0, 0.05) is 13.0 Å². The lowest BCUT2D eigenvalue weighted by Gasteiger charge is -2.01. The van der Waals surface area contributed by atoms with Crippen LogP contribution in [0.25, 0.3) is 0 Å². The van der Waals surface area contributed by atoms with E-state index in [9.17, 15) is 4.79 Å². The number of rotatable bonds is 5. The van der Waals surface area contributed by atoms with Gasteiger partial charge in [-0.3, -0.25) is 4.79 Å². The molecule has 0 spiro atoms. The van der Waals surface area contributed by atoms with Gasteiger partial charge in [-0.2, -0.15) is 0 Å². The molecule has 0 heterocycles. The number of carbonyl (C=O) groups is 1. The van der Waals surface area contributed by atoms with Crippen LogP contribution in [-0.2, 0) is 9.53 Å². The van der Waals surface area contributed by atoms with E-state index < -0.39 is 0 Å². The van der Waals surface area contributed by atoms with Crippen molar-refractivity contribution in [2.45, 2.75) is 26.7 Å². The molecule has 1 radical (unpaired) electrons. The summed E-state index contributed by atoms with van der Waals surface area (Å²) in [7, 11) is 0. The molecule has 59 valence electrons. The van der Waals surface area contributed by atoms with Crippen LogP contribution in [-0.4, -0.2) is 12.5 Å². The topological polar surface area (TPSA) is 38.3 Å². The Morgan fingerprint density at radius 3 is 2.80 bits per heavy atom. The molecule has 0 bridgehead atoms. The Labute approximate surface area is 61.8 Å². The number of hydrogen-bond acceptors (Lipinski definition) is 2. The van der Waals surface area contributed by atoms with Crippen molar-refractivity contribution in [3.8, 4) is 0 Å². The summed E-state index contributed by atoms with van der Waals surface area (Å²) in [6.07, 6.45) is 1.43. The molecule has 0 saturated heterocycles. The second kappa shape index (κ2) is 6.55. The summed E-state index contributed by atoms with van der Waals surface area (Å²) in [5.74, 6) is 0.0101. The third-order valence-corrected chi connectivity index (χ3v) is 0.947. The van der Waals surface area contributed by atoms with Crippen LogP contribution in [0.5, 0.6) is 0 Å². The van der Waals surface area contributed by atoms with Crippen molar-refractivity contribution in [2.75, 3.05) is 6.61 Å². The van der Waals surface area contributed by atoms with Gasteiger partial charge in [0.05, 0.1) is 0 Å². The van der Waals surface area contributed by atoms with Gasteiger partial charge in [-0.25, -0.2) is 0 Å². The minimum Gasteiger partial charge on any atom is -0.354 e. The van der Waals surface area contributed by atoms with E-state index in [0.29, 0.717) is 13.0 Å².